The molecule has 0 fully saturated rings. The Labute approximate surface area is 336 Å². The molecule has 8 aromatic carbocycles. The molecule has 2 aromatic heterocycles. The molecule has 10 aromatic rings. The minimum atomic E-state index is -3.64. The van der Waals surface area contributed by atoms with Crippen LogP contribution in [-0.4, -0.2) is 23.0 Å². The molecular formula is C52H33N3O2S. The summed E-state index contributed by atoms with van der Waals surface area (Å²) in [6.45, 7) is 0. The maximum Gasteiger partial charge on any atom is 0.208 e. The molecule has 274 valence electrons. The van der Waals surface area contributed by atoms with Gasteiger partial charge in [-0.1, -0.05) is 152 Å². The lowest BCUT2D eigenvalue weighted by molar-refractivity contribution is 0.599. The second-order valence-corrected chi connectivity index (χ2v) is 16.4. The molecule has 0 N–H and O–H groups in total. The lowest BCUT2D eigenvalue weighted by Crippen LogP contribution is -1.99. The highest BCUT2D eigenvalue weighted by Gasteiger charge is 2.35. The van der Waals surface area contributed by atoms with Gasteiger partial charge in [-0.15, -0.1) is 0 Å². The van der Waals surface area contributed by atoms with Crippen LogP contribution in [0.2, 0.25) is 0 Å². The fourth-order valence-electron chi connectivity index (χ4n) is 8.45. The molecule has 5 nitrogen and oxygen atoms in total. The lowest BCUT2D eigenvalue weighted by Gasteiger charge is -2.12. The van der Waals surface area contributed by atoms with Crippen LogP contribution in [0.4, 0.5) is 0 Å². The molecular weight excluding hydrogens is 731 g/mol. The standard InChI is InChI=1S/C52H33N3O2S/c56-58(57)50-24-10-8-20-43(50)44-22-12-21-41(51(44)58)34-25-28-40(29-26-34)55-48-23-9-7-19-42(48)45-32-38(27-30-49(45)55)37-17-11-18-39(31-37)52-53-46(35-13-3-1-4-14-35)33-47(54-52)36-15-5-2-6-16-36/h1-33H. The van der Waals surface area contributed by atoms with Crippen molar-refractivity contribution in [2.45, 2.75) is 9.79 Å². The summed E-state index contributed by atoms with van der Waals surface area (Å²) in [7, 11) is -3.64. The first kappa shape index (κ1) is 33.9. The first-order valence-corrected chi connectivity index (χ1v) is 20.7. The van der Waals surface area contributed by atoms with E-state index in [0.717, 1.165) is 83.4 Å². The second-order valence-electron chi connectivity index (χ2n) is 14.6. The molecule has 0 bridgehead atoms. The molecule has 6 heteroatoms. The number of fused-ring (bicyclic) bond motifs is 6. The molecule has 58 heavy (non-hydrogen) atoms. The molecule has 0 saturated carbocycles. The van der Waals surface area contributed by atoms with Gasteiger partial charge in [-0.2, -0.15) is 0 Å². The third kappa shape index (κ3) is 5.49. The predicted octanol–water partition coefficient (Wildman–Crippen LogP) is 12.7. The zero-order valence-electron chi connectivity index (χ0n) is 31.1. The number of hydrogen-bond donors (Lipinski definition) is 0. The fourth-order valence-corrected chi connectivity index (χ4v) is 10.3. The number of benzene rings is 8. The van der Waals surface area contributed by atoms with Gasteiger partial charge in [-0.05, 0) is 65.2 Å². The molecule has 0 atom stereocenters. The largest absolute Gasteiger partial charge is 0.309 e. The predicted molar refractivity (Wildman–Crippen MR) is 234 cm³/mol. The number of sulfone groups is 1. The van der Waals surface area contributed by atoms with Gasteiger partial charge in [0.1, 0.15) is 0 Å². The Morgan fingerprint density at radius 3 is 1.69 bits per heavy atom. The number of nitrogens with zero attached hydrogens (tertiary/aromatic N) is 3. The van der Waals surface area contributed by atoms with Crippen LogP contribution in [0.5, 0.6) is 0 Å². The molecule has 0 spiro atoms. The van der Waals surface area contributed by atoms with Gasteiger partial charge in [0.15, 0.2) is 5.82 Å². The van der Waals surface area contributed by atoms with E-state index in [1.807, 2.05) is 78.9 Å². The van der Waals surface area contributed by atoms with Gasteiger partial charge in [0, 0.05) is 49.8 Å². The van der Waals surface area contributed by atoms with E-state index in [0.29, 0.717) is 21.2 Å². The zero-order chi connectivity index (χ0) is 38.8. The molecule has 11 rings (SSSR count). The van der Waals surface area contributed by atoms with Gasteiger partial charge in [0.2, 0.25) is 9.84 Å². The summed E-state index contributed by atoms with van der Waals surface area (Å²) in [6, 6.07) is 67.4. The molecule has 0 amide bonds. The Bertz CT molecular complexity index is 3280. The van der Waals surface area contributed by atoms with Crippen molar-refractivity contribution in [3.63, 3.8) is 0 Å². The van der Waals surface area contributed by atoms with Gasteiger partial charge < -0.3 is 4.57 Å². The Hall–Kier alpha value is -7.41. The van der Waals surface area contributed by atoms with E-state index in [1.165, 1.54) is 0 Å². The smallest absolute Gasteiger partial charge is 0.208 e. The van der Waals surface area contributed by atoms with Crippen LogP contribution in [-0.2, 0) is 9.84 Å². The van der Waals surface area contributed by atoms with Crippen LogP contribution in [0.25, 0.3) is 94.8 Å². The molecule has 0 radical (unpaired) electrons. The van der Waals surface area contributed by atoms with Crippen LogP contribution in [0.15, 0.2) is 210 Å². The highest BCUT2D eigenvalue weighted by atomic mass is 32.2. The number of rotatable bonds is 6. The van der Waals surface area contributed by atoms with Gasteiger partial charge >= 0.3 is 0 Å². The highest BCUT2D eigenvalue weighted by molar-refractivity contribution is 7.92. The van der Waals surface area contributed by atoms with E-state index < -0.39 is 9.84 Å². The molecule has 0 saturated heterocycles. The topological polar surface area (TPSA) is 64.8 Å². The monoisotopic (exact) mass is 763 g/mol. The van der Waals surface area contributed by atoms with Crippen molar-refractivity contribution < 1.29 is 8.42 Å². The summed E-state index contributed by atoms with van der Waals surface area (Å²) in [4.78, 5) is 10.9. The van der Waals surface area contributed by atoms with Crippen LogP contribution in [0.1, 0.15) is 0 Å². The minimum absolute atomic E-state index is 0.369. The number of aromatic nitrogens is 3. The average Bonchev–Trinajstić information content (AvgIpc) is 3.75. The summed E-state index contributed by atoms with van der Waals surface area (Å²) in [5.74, 6) is 0.672. The summed E-state index contributed by atoms with van der Waals surface area (Å²) in [5.41, 5.74) is 13.2. The van der Waals surface area contributed by atoms with E-state index in [4.69, 9.17) is 9.97 Å². The van der Waals surface area contributed by atoms with Gasteiger partial charge in [0.05, 0.1) is 32.2 Å². The van der Waals surface area contributed by atoms with Crippen molar-refractivity contribution in [2.24, 2.45) is 0 Å². The van der Waals surface area contributed by atoms with Gasteiger partial charge in [-0.3, -0.25) is 0 Å². The Balaban J connectivity index is 0.986. The van der Waals surface area contributed by atoms with Gasteiger partial charge in [-0.25, -0.2) is 18.4 Å². The van der Waals surface area contributed by atoms with E-state index in [9.17, 15) is 8.42 Å². The highest BCUT2D eigenvalue weighted by Crippen LogP contribution is 2.47. The lowest BCUT2D eigenvalue weighted by atomic mass is 9.99. The minimum Gasteiger partial charge on any atom is -0.309 e. The maximum absolute atomic E-state index is 13.8. The first-order chi connectivity index (χ1) is 28.5. The van der Waals surface area contributed by atoms with Crippen molar-refractivity contribution in [1.29, 1.82) is 0 Å². The second kappa shape index (κ2) is 13.4. The van der Waals surface area contributed by atoms with Crippen LogP contribution >= 0.6 is 0 Å². The summed E-state index contributed by atoms with van der Waals surface area (Å²) < 4.78 is 29.8. The maximum atomic E-state index is 13.8. The molecule has 0 aliphatic carbocycles. The molecule has 1 aliphatic rings. The van der Waals surface area contributed by atoms with Crippen LogP contribution in [0.3, 0.4) is 0 Å². The van der Waals surface area contributed by atoms with E-state index >= 15 is 0 Å². The fraction of sp³-hybridized carbons (Fsp3) is 0. The zero-order valence-corrected chi connectivity index (χ0v) is 31.9. The van der Waals surface area contributed by atoms with Crippen LogP contribution < -0.4 is 0 Å². The summed E-state index contributed by atoms with van der Waals surface area (Å²) in [5, 5.41) is 2.29. The number of para-hydroxylation sites is 1. The molecule has 0 unspecified atom stereocenters. The van der Waals surface area contributed by atoms with E-state index in [2.05, 4.69) is 114 Å². The Kier molecular flexibility index (Phi) is 7.81. The van der Waals surface area contributed by atoms with Crippen LogP contribution in [0, 0.1) is 0 Å². The van der Waals surface area contributed by atoms with Crippen molar-refractivity contribution in [1.82, 2.24) is 14.5 Å². The Morgan fingerprint density at radius 2 is 0.931 bits per heavy atom. The van der Waals surface area contributed by atoms with E-state index in [-0.39, 0.29) is 0 Å². The number of hydrogen-bond acceptors (Lipinski definition) is 4. The summed E-state index contributed by atoms with van der Waals surface area (Å²) >= 11 is 0. The van der Waals surface area contributed by atoms with Crippen molar-refractivity contribution >= 4 is 31.6 Å². The molecule has 1 aliphatic heterocycles. The third-order valence-electron chi connectivity index (χ3n) is 11.2. The first-order valence-electron chi connectivity index (χ1n) is 19.2. The third-order valence-corrected chi connectivity index (χ3v) is 13.1. The van der Waals surface area contributed by atoms with Crippen molar-refractivity contribution in [3.8, 4) is 73.0 Å². The molecule has 3 heterocycles. The van der Waals surface area contributed by atoms with E-state index in [1.54, 1.807) is 12.1 Å². The van der Waals surface area contributed by atoms with Crippen molar-refractivity contribution in [2.75, 3.05) is 0 Å². The normalized spacial score (nSPS) is 12.8. The average molecular weight is 764 g/mol. The van der Waals surface area contributed by atoms with Crippen molar-refractivity contribution in [3.05, 3.63) is 200 Å². The van der Waals surface area contributed by atoms with Gasteiger partial charge in [0.25, 0.3) is 0 Å². The quantitative estimate of drug-likeness (QED) is 0.169. The SMILES string of the molecule is O=S1(=O)c2ccccc2-c2cccc(-c3ccc(-n4c5ccccc5c5cc(-c6cccc(-c7nc(-c8ccccc8)cc(-c8ccccc8)n7)c6)ccc54)cc3)c21. The summed E-state index contributed by atoms with van der Waals surface area (Å²) in [6.07, 6.45) is 0. The Morgan fingerprint density at radius 1 is 0.379 bits per heavy atom.